The van der Waals surface area contributed by atoms with Crippen LogP contribution in [0.15, 0.2) is 24.3 Å². The van der Waals surface area contributed by atoms with Crippen LogP contribution in [0.1, 0.15) is 18.0 Å². The van der Waals surface area contributed by atoms with Crippen LogP contribution in [-0.2, 0) is 14.4 Å². The van der Waals surface area contributed by atoms with Crippen molar-refractivity contribution in [2.24, 2.45) is 5.92 Å². The summed E-state index contributed by atoms with van der Waals surface area (Å²) in [6, 6.07) is 5.28. The summed E-state index contributed by atoms with van der Waals surface area (Å²) in [7, 11) is 3.13. The van der Waals surface area contributed by atoms with Gasteiger partial charge in [0, 0.05) is 20.0 Å². The molecule has 22 heavy (non-hydrogen) atoms. The zero-order valence-electron chi connectivity index (χ0n) is 12.4. The van der Waals surface area contributed by atoms with E-state index in [0.29, 0.717) is 17.9 Å². The number of ether oxygens (including phenoxy) is 1. The van der Waals surface area contributed by atoms with Gasteiger partial charge < -0.3 is 20.1 Å². The summed E-state index contributed by atoms with van der Waals surface area (Å²) >= 11 is 0. The minimum Gasteiger partial charge on any atom is -0.497 e. The van der Waals surface area contributed by atoms with E-state index in [4.69, 9.17) is 4.74 Å². The molecule has 0 aliphatic carbocycles. The quantitative estimate of drug-likeness (QED) is 0.821. The SMILES string of the molecule is COc1ccc(C(NC(=O)C2CC(=O)N(C)C2)C(=O)O)cc1. The van der Waals surface area contributed by atoms with Crippen molar-refractivity contribution in [2.45, 2.75) is 12.5 Å². The minimum absolute atomic E-state index is 0.108. The largest absolute Gasteiger partial charge is 0.497 e. The van der Waals surface area contributed by atoms with Crippen molar-refractivity contribution >= 4 is 17.8 Å². The Morgan fingerprint density at radius 2 is 2.00 bits per heavy atom. The number of carbonyl (C=O) groups excluding carboxylic acids is 2. The molecule has 1 saturated heterocycles. The molecule has 2 amide bonds. The maximum absolute atomic E-state index is 12.2. The van der Waals surface area contributed by atoms with E-state index in [9.17, 15) is 19.5 Å². The number of nitrogens with one attached hydrogen (secondary N) is 1. The van der Waals surface area contributed by atoms with E-state index in [0.717, 1.165) is 0 Å². The van der Waals surface area contributed by atoms with E-state index in [2.05, 4.69) is 5.32 Å². The molecule has 2 atom stereocenters. The van der Waals surface area contributed by atoms with E-state index in [1.807, 2.05) is 0 Å². The lowest BCUT2D eigenvalue weighted by Crippen LogP contribution is -2.38. The van der Waals surface area contributed by atoms with Crippen molar-refractivity contribution in [2.75, 3.05) is 20.7 Å². The number of hydrogen-bond acceptors (Lipinski definition) is 4. The standard InChI is InChI=1S/C15H18N2O5/c1-17-8-10(7-12(17)18)14(19)16-13(15(20)21)9-3-5-11(22-2)6-4-9/h3-6,10,13H,7-8H2,1-2H3,(H,16,19)(H,20,21). The highest BCUT2D eigenvalue weighted by Crippen LogP contribution is 2.21. The van der Waals surface area contributed by atoms with Crippen LogP contribution < -0.4 is 10.1 Å². The Balaban J connectivity index is 2.10. The number of benzene rings is 1. The zero-order valence-corrected chi connectivity index (χ0v) is 12.4. The maximum atomic E-state index is 12.2. The highest BCUT2D eigenvalue weighted by atomic mass is 16.5. The van der Waals surface area contributed by atoms with Gasteiger partial charge in [0.2, 0.25) is 11.8 Å². The number of nitrogens with zero attached hydrogens (tertiary/aromatic N) is 1. The van der Waals surface area contributed by atoms with Crippen molar-refractivity contribution in [1.82, 2.24) is 10.2 Å². The smallest absolute Gasteiger partial charge is 0.330 e. The van der Waals surface area contributed by atoms with Gasteiger partial charge in [-0.2, -0.15) is 0 Å². The third-order valence-electron chi connectivity index (χ3n) is 3.69. The van der Waals surface area contributed by atoms with E-state index in [-0.39, 0.29) is 12.3 Å². The molecule has 0 spiro atoms. The van der Waals surface area contributed by atoms with Crippen molar-refractivity contribution in [3.63, 3.8) is 0 Å². The Morgan fingerprint density at radius 3 is 2.45 bits per heavy atom. The molecule has 0 radical (unpaired) electrons. The van der Waals surface area contributed by atoms with Gasteiger partial charge in [0.1, 0.15) is 5.75 Å². The summed E-state index contributed by atoms with van der Waals surface area (Å²) in [4.78, 5) is 36.5. The molecule has 1 aromatic rings. The molecule has 7 nitrogen and oxygen atoms in total. The predicted octanol–water partition coefficient (Wildman–Crippen LogP) is 0.415. The topological polar surface area (TPSA) is 95.9 Å². The van der Waals surface area contributed by atoms with Crippen LogP contribution >= 0.6 is 0 Å². The first kappa shape index (κ1) is 15.8. The van der Waals surface area contributed by atoms with Crippen molar-refractivity contribution < 1.29 is 24.2 Å². The number of carbonyl (C=O) groups is 3. The summed E-state index contributed by atoms with van der Waals surface area (Å²) < 4.78 is 5.02. The highest BCUT2D eigenvalue weighted by Gasteiger charge is 2.34. The number of methoxy groups -OCH3 is 1. The van der Waals surface area contributed by atoms with E-state index >= 15 is 0 Å². The molecule has 2 N–H and O–H groups in total. The van der Waals surface area contributed by atoms with Crippen molar-refractivity contribution in [1.29, 1.82) is 0 Å². The van der Waals surface area contributed by atoms with E-state index in [1.165, 1.54) is 12.0 Å². The van der Waals surface area contributed by atoms with Crippen LogP contribution in [0.2, 0.25) is 0 Å². The van der Waals surface area contributed by atoms with Gasteiger partial charge in [-0.3, -0.25) is 9.59 Å². The van der Waals surface area contributed by atoms with E-state index < -0.39 is 23.8 Å². The highest BCUT2D eigenvalue weighted by molar-refractivity contribution is 5.91. The predicted molar refractivity (Wildman–Crippen MR) is 77.3 cm³/mol. The van der Waals surface area contributed by atoms with Crippen LogP contribution in [-0.4, -0.2) is 48.5 Å². The molecule has 2 unspecified atom stereocenters. The van der Waals surface area contributed by atoms with Crippen LogP contribution in [0, 0.1) is 5.92 Å². The monoisotopic (exact) mass is 306 g/mol. The van der Waals surface area contributed by atoms with Gasteiger partial charge in [0.15, 0.2) is 6.04 Å². The second-order valence-electron chi connectivity index (χ2n) is 5.23. The third-order valence-corrected chi connectivity index (χ3v) is 3.69. The molecule has 2 rings (SSSR count). The minimum atomic E-state index is -1.16. The van der Waals surface area contributed by atoms with Gasteiger partial charge in [-0.05, 0) is 17.7 Å². The maximum Gasteiger partial charge on any atom is 0.330 e. The van der Waals surface area contributed by atoms with Gasteiger partial charge in [-0.1, -0.05) is 12.1 Å². The molecule has 1 aliphatic heterocycles. The molecule has 1 fully saturated rings. The average Bonchev–Trinajstić information content (AvgIpc) is 2.84. The second-order valence-corrected chi connectivity index (χ2v) is 5.23. The van der Waals surface area contributed by atoms with E-state index in [1.54, 1.807) is 31.3 Å². The summed E-state index contributed by atoms with van der Waals surface area (Å²) in [5.74, 6) is -1.62. The number of aliphatic carboxylic acids is 1. The van der Waals surface area contributed by atoms with Gasteiger partial charge in [-0.25, -0.2) is 4.79 Å². The van der Waals surface area contributed by atoms with Crippen molar-refractivity contribution in [3.8, 4) is 5.75 Å². The molecule has 7 heteroatoms. The zero-order chi connectivity index (χ0) is 16.3. The lowest BCUT2D eigenvalue weighted by Gasteiger charge is -2.17. The van der Waals surface area contributed by atoms with Gasteiger partial charge >= 0.3 is 5.97 Å². The first-order valence-electron chi connectivity index (χ1n) is 6.83. The number of rotatable bonds is 5. The summed E-state index contributed by atoms with van der Waals surface area (Å²) in [6.45, 7) is 0.305. The Labute approximate surface area is 127 Å². The lowest BCUT2D eigenvalue weighted by molar-refractivity contribution is -0.142. The molecule has 0 bridgehead atoms. The second kappa shape index (κ2) is 6.46. The fourth-order valence-corrected chi connectivity index (χ4v) is 2.38. The van der Waals surface area contributed by atoms with Crippen LogP contribution in [0.5, 0.6) is 5.75 Å². The number of carboxylic acids is 1. The number of carboxylic acid groups (broad SMARTS) is 1. The molecule has 118 valence electrons. The van der Waals surface area contributed by atoms with Crippen LogP contribution in [0.3, 0.4) is 0 Å². The molecule has 0 saturated carbocycles. The summed E-state index contributed by atoms with van der Waals surface area (Å²) in [5.41, 5.74) is 0.444. The Bertz CT molecular complexity index is 584. The Hall–Kier alpha value is -2.57. The number of likely N-dealkylation sites (tertiary alicyclic amines) is 1. The Kier molecular flexibility index (Phi) is 4.65. The van der Waals surface area contributed by atoms with Crippen LogP contribution in [0.25, 0.3) is 0 Å². The summed E-state index contributed by atoms with van der Waals surface area (Å²) in [5, 5.41) is 11.8. The summed E-state index contributed by atoms with van der Waals surface area (Å²) in [6.07, 6.45) is 0.108. The Morgan fingerprint density at radius 1 is 1.36 bits per heavy atom. The molecular weight excluding hydrogens is 288 g/mol. The number of hydrogen-bond donors (Lipinski definition) is 2. The first-order valence-corrected chi connectivity index (χ1v) is 6.83. The van der Waals surface area contributed by atoms with Gasteiger partial charge in [-0.15, -0.1) is 0 Å². The molecule has 1 aromatic carbocycles. The third kappa shape index (κ3) is 3.36. The average molecular weight is 306 g/mol. The van der Waals surface area contributed by atoms with Gasteiger partial charge in [0.05, 0.1) is 13.0 Å². The molecule has 0 aromatic heterocycles. The molecule has 1 aliphatic rings. The normalized spacial score (nSPS) is 18.9. The fourth-order valence-electron chi connectivity index (χ4n) is 2.38. The van der Waals surface area contributed by atoms with Crippen LogP contribution in [0.4, 0.5) is 0 Å². The first-order chi connectivity index (χ1) is 10.4. The van der Waals surface area contributed by atoms with Gasteiger partial charge in [0.25, 0.3) is 0 Å². The molecular formula is C15H18N2O5. The van der Waals surface area contributed by atoms with Crippen molar-refractivity contribution in [3.05, 3.63) is 29.8 Å². The number of amides is 2. The molecule has 1 heterocycles. The lowest BCUT2D eigenvalue weighted by atomic mass is 10.0. The fraction of sp³-hybridized carbons (Fsp3) is 0.400.